The first-order valence-electron chi connectivity index (χ1n) is 7.17. The molecule has 0 saturated carbocycles. The van der Waals surface area contributed by atoms with Gasteiger partial charge < -0.3 is 10.2 Å². The van der Waals surface area contributed by atoms with E-state index in [9.17, 15) is 0 Å². The Hall–Kier alpha value is -1.09. The van der Waals surface area contributed by atoms with Gasteiger partial charge in [0.2, 0.25) is 0 Å². The maximum absolute atomic E-state index is 4.58. The minimum absolute atomic E-state index is 0.382. The minimum atomic E-state index is 0.382. The number of pyridine rings is 1. The fourth-order valence-electron chi connectivity index (χ4n) is 2.02. The second-order valence-corrected chi connectivity index (χ2v) is 4.71. The van der Waals surface area contributed by atoms with Gasteiger partial charge in [-0.3, -0.25) is 0 Å². The lowest BCUT2D eigenvalue weighted by atomic mass is 10.1. The van der Waals surface area contributed by atoms with Crippen molar-refractivity contribution in [2.45, 2.75) is 46.6 Å². The highest BCUT2D eigenvalue weighted by Crippen LogP contribution is 2.16. The topological polar surface area (TPSA) is 28.2 Å². The average molecular weight is 249 g/mol. The number of nitrogens with zero attached hydrogens (tertiary/aromatic N) is 2. The molecule has 1 aromatic heterocycles. The van der Waals surface area contributed by atoms with Crippen LogP contribution in [0.15, 0.2) is 18.3 Å². The SMILES string of the molecule is CCCNC(C)c1ccc(N(CC)CCC)nc1. The van der Waals surface area contributed by atoms with E-state index in [0.29, 0.717) is 6.04 Å². The third-order valence-corrected chi connectivity index (χ3v) is 3.17. The summed E-state index contributed by atoms with van der Waals surface area (Å²) in [6.45, 7) is 11.9. The van der Waals surface area contributed by atoms with Crippen LogP contribution < -0.4 is 10.2 Å². The van der Waals surface area contributed by atoms with E-state index in [-0.39, 0.29) is 0 Å². The van der Waals surface area contributed by atoms with Crippen molar-refractivity contribution in [3.05, 3.63) is 23.9 Å². The molecule has 1 atom stereocenters. The van der Waals surface area contributed by atoms with Crippen LogP contribution >= 0.6 is 0 Å². The number of nitrogens with one attached hydrogen (secondary N) is 1. The van der Waals surface area contributed by atoms with Crippen molar-refractivity contribution in [3.63, 3.8) is 0 Å². The number of hydrogen-bond acceptors (Lipinski definition) is 3. The third kappa shape index (κ3) is 4.30. The molecule has 1 heterocycles. The number of aromatic nitrogens is 1. The molecule has 0 amide bonds. The van der Waals surface area contributed by atoms with Crippen molar-refractivity contribution in [2.75, 3.05) is 24.5 Å². The standard InChI is InChI=1S/C15H27N3/c1-5-10-16-13(4)14-8-9-15(17-12-14)18(7-3)11-6-2/h8-9,12-13,16H,5-7,10-11H2,1-4H3. The molecule has 0 aromatic carbocycles. The molecule has 0 bridgehead atoms. The molecule has 102 valence electrons. The number of hydrogen-bond donors (Lipinski definition) is 1. The Morgan fingerprint density at radius 2 is 2.00 bits per heavy atom. The summed E-state index contributed by atoms with van der Waals surface area (Å²) in [7, 11) is 0. The van der Waals surface area contributed by atoms with Gasteiger partial charge in [-0.2, -0.15) is 0 Å². The van der Waals surface area contributed by atoms with Crippen LogP contribution in [0, 0.1) is 0 Å². The zero-order chi connectivity index (χ0) is 13.4. The van der Waals surface area contributed by atoms with Gasteiger partial charge in [0.05, 0.1) is 0 Å². The van der Waals surface area contributed by atoms with Crippen LogP contribution in [0.3, 0.4) is 0 Å². The average Bonchev–Trinajstić information content (AvgIpc) is 2.42. The highest BCUT2D eigenvalue weighted by molar-refractivity contribution is 5.39. The van der Waals surface area contributed by atoms with Gasteiger partial charge in [-0.1, -0.05) is 19.9 Å². The van der Waals surface area contributed by atoms with Gasteiger partial charge in [-0.15, -0.1) is 0 Å². The first kappa shape index (κ1) is 15.0. The molecule has 0 aliphatic heterocycles. The van der Waals surface area contributed by atoms with Crippen LogP contribution in [0.4, 0.5) is 5.82 Å². The fraction of sp³-hybridized carbons (Fsp3) is 0.667. The Morgan fingerprint density at radius 1 is 1.22 bits per heavy atom. The molecule has 3 heteroatoms. The molecule has 0 spiro atoms. The Kier molecular flexibility index (Phi) is 6.73. The predicted octanol–water partition coefficient (Wildman–Crippen LogP) is 3.38. The summed E-state index contributed by atoms with van der Waals surface area (Å²) in [4.78, 5) is 6.90. The van der Waals surface area contributed by atoms with Crippen LogP contribution in [0.1, 0.15) is 52.1 Å². The zero-order valence-corrected chi connectivity index (χ0v) is 12.2. The maximum Gasteiger partial charge on any atom is 0.128 e. The second-order valence-electron chi connectivity index (χ2n) is 4.71. The highest BCUT2D eigenvalue weighted by atomic mass is 15.2. The Balaban J connectivity index is 2.66. The first-order valence-corrected chi connectivity index (χ1v) is 7.17. The van der Waals surface area contributed by atoms with E-state index in [0.717, 1.165) is 38.3 Å². The zero-order valence-electron chi connectivity index (χ0n) is 12.2. The number of anilines is 1. The van der Waals surface area contributed by atoms with Gasteiger partial charge in [0.1, 0.15) is 5.82 Å². The summed E-state index contributed by atoms with van der Waals surface area (Å²) in [5.41, 5.74) is 1.26. The van der Waals surface area contributed by atoms with Crippen LogP contribution in [0.25, 0.3) is 0 Å². The first-order chi connectivity index (χ1) is 8.72. The summed E-state index contributed by atoms with van der Waals surface area (Å²) in [6.07, 6.45) is 4.32. The lowest BCUT2D eigenvalue weighted by molar-refractivity contribution is 0.569. The van der Waals surface area contributed by atoms with Crippen molar-refractivity contribution in [2.24, 2.45) is 0 Å². The van der Waals surface area contributed by atoms with E-state index in [1.165, 1.54) is 5.56 Å². The Bertz CT molecular complexity index is 321. The molecule has 0 aliphatic rings. The van der Waals surface area contributed by atoms with Crippen LogP contribution in [0.5, 0.6) is 0 Å². The summed E-state index contributed by atoms with van der Waals surface area (Å²) in [5, 5.41) is 3.48. The van der Waals surface area contributed by atoms with Gasteiger partial charge in [-0.25, -0.2) is 4.98 Å². The molecular formula is C15H27N3. The minimum Gasteiger partial charge on any atom is -0.357 e. The molecule has 1 unspecified atom stereocenters. The van der Waals surface area contributed by atoms with E-state index in [1.807, 2.05) is 6.20 Å². The summed E-state index contributed by atoms with van der Waals surface area (Å²) in [6, 6.07) is 4.71. The van der Waals surface area contributed by atoms with Crippen molar-refractivity contribution >= 4 is 5.82 Å². The van der Waals surface area contributed by atoms with Gasteiger partial charge in [-0.05, 0) is 44.9 Å². The van der Waals surface area contributed by atoms with Crippen LogP contribution in [0.2, 0.25) is 0 Å². The van der Waals surface area contributed by atoms with Gasteiger partial charge >= 0.3 is 0 Å². The molecule has 0 saturated heterocycles. The summed E-state index contributed by atoms with van der Waals surface area (Å²) >= 11 is 0. The lowest BCUT2D eigenvalue weighted by Crippen LogP contribution is -2.24. The predicted molar refractivity (Wildman–Crippen MR) is 79.1 cm³/mol. The summed E-state index contributed by atoms with van der Waals surface area (Å²) < 4.78 is 0. The van der Waals surface area contributed by atoms with Gasteiger partial charge in [0.15, 0.2) is 0 Å². The monoisotopic (exact) mass is 249 g/mol. The highest BCUT2D eigenvalue weighted by Gasteiger charge is 2.07. The molecule has 0 fully saturated rings. The van der Waals surface area contributed by atoms with E-state index in [4.69, 9.17) is 0 Å². The second kappa shape index (κ2) is 8.09. The van der Waals surface area contributed by atoms with Crippen molar-refractivity contribution in [1.82, 2.24) is 10.3 Å². The van der Waals surface area contributed by atoms with Crippen LogP contribution in [-0.4, -0.2) is 24.6 Å². The Morgan fingerprint density at radius 3 is 2.50 bits per heavy atom. The van der Waals surface area contributed by atoms with Crippen molar-refractivity contribution in [3.8, 4) is 0 Å². The molecule has 3 nitrogen and oxygen atoms in total. The van der Waals surface area contributed by atoms with E-state index in [2.05, 4.69) is 55.0 Å². The molecule has 0 aliphatic carbocycles. The molecule has 0 radical (unpaired) electrons. The normalized spacial score (nSPS) is 12.4. The summed E-state index contributed by atoms with van der Waals surface area (Å²) in [5.74, 6) is 1.09. The molecule has 1 N–H and O–H groups in total. The molecule has 18 heavy (non-hydrogen) atoms. The van der Waals surface area contributed by atoms with Crippen molar-refractivity contribution < 1.29 is 0 Å². The van der Waals surface area contributed by atoms with E-state index >= 15 is 0 Å². The van der Waals surface area contributed by atoms with E-state index < -0.39 is 0 Å². The van der Waals surface area contributed by atoms with Crippen molar-refractivity contribution in [1.29, 1.82) is 0 Å². The Labute approximate surface area is 112 Å². The largest absolute Gasteiger partial charge is 0.357 e. The van der Waals surface area contributed by atoms with E-state index in [1.54, 1.807) is 0 Å². The number of rotatable bonds is 8. The molecular weight excluding hydrogens is 222 g/mol. The molecule has 1 aromatic rings. The maximum atomic E-state index is 4.58. The van der Waals surface area contributed by atoms with Crippen LogP contribution in [-0.2, 0) is 0 Å². The fourth-order valence-corrected chi connectivity index (χ4v) is 2.02. The molecule has 1 rings (SSSR count). The van der Waals surface area contributed by atoms with Gasteiger partial charge in [0.25, 0.3) is 0 Å². The lowest BCUT2D eigenvalue weighted by Gasteiger charge is -2.22. The quantitative estimate of drug-likeness (QED) is 0.765. The van der Waals surface area contributed by atoms with Gasteiger partial charge in [0, 0.05) is 25.3 Å². The third-order valence-electron chi connectivity index (χ3n) is 3.17. The smallest absolute Gasteiger partial charge is 0.128 e.